The first-order valence-corrected chi connectivity index (χ1v) is 8.25. The number of nitrogens with zero attached hydrogens (tertiary/aromatic N) is 1. The van der Waals surface area contributed by atoms with Gasteiger partial charge in [-0.25, -0.2) is 13.6 Å². The summed E-state index contributed by atoms with van der Waals surface area (Å²) in [6.45, 7) is 5.56. The highest BCUT2D eigenvalue weighted by atomic mass is 127. The van der Waals surface area contributed by atoms with Crippen LogP contribution in [0.1, 0.15) is 18.7 Å². The molecule has 116 valence electrons. The van der Waals surface area contributed by atoms with Gasteiger partial charge in [-0.2, -0.15) is 0 Å². The molecular formula is C11H21IN4O2S2. The van der Waals surface area contributed by atoms with Crippen molar-refractivity contribution in [2.75, 3.05) is 13.6 Å². The summed E-state index contributed by atoms with van der Waals surface area (Å²) < 4.78 is 22.5. The Labute approximate surface area is 141 Å². The highest BCUT2D eigenvalue weighted by Gasteiger charge is 2.11. The van der Waals surface area contributed by atoms with E-state index in [1.54, 1.807) is 13.1 Å². The molecule has 1 rings (SSSR count). The Morgan fingerprint density at radius 1 is 1.40 bits per heavy atom. The summed E-state index contributed by atoms with van der Waals surface area (Å²) in [5, 5.41) is 11.4. The van der Waals surface area contributed by atoms with Crippen LogP contribution in [0.15, 0.2) is 21.3 Å². The van der Waals surface area contributed by atoms with Crippen LogP contribution in [-0.2, 0) is 16.6 Å². The van der Waals surface area contributed by atoms with Crippen LogP contribution in [0.4, 0.5) is 0 Å². The summed E-state index contributed by atoms with van der Waals surface area (Å²) in [6.07, 6.45) is 0. The molecule has 20 heavy (non-hydrogen) atoms. The van der Waals surface area contributed by atoms with Crippen molar-refractivity contribution in [3.63, 3.8) is 0 Å². The molecule has 1 aromatic heterocycles. The molecule has 1 aromatic rings. The van der Waals surface area contributed by atoms with Gasteiger partial charge in [0.2, 0.25) is 10.0 Å². The molecule has 4 N–H and O–H groups in total. The van der Waals surface area contributed by atoms with Gasteiger partial charge in [0.15, 0.2) is 5.96 Å². The lowest BCUT2D eigenvalue weighted by Gasteiger charge is -2.12. The molecule has 0 spiro atoms. The standard InChI is InChI=1S/C11H20N4O2S2.HI/c1-8(2)6-14-11(13-3)15-7-9-4-5-10(18-9)19(12,16)17;/h4-5,8H,6-7H2,1-3H3,(H2,12,16,17)(H2,13,14,15);1H. The molecule has 0 fully saturated rings. The molecule has 0 bridgehead atoms. The largest absolute Gasteiger partial charge is 0.356 e. The number of rotatable bonds is 5. The van der Waals surface area contributed by atoms with E-state index in [2.05, 4.69) is 29.5 Å². The Morgan fingerprint density at radius 2 is 2.05 bits per heavy atom. The second kappa shape index (κ2) is 8.80. The van der Waals surface area contributed by atoms with Crippen molar-refractivity contribution >= 4 is 51.3 Å². The molecule has 0 aliphatic heterocycles. The minimum Gasteiger partial charge on any atom is -0.356 e. The molecule has 0 aliphatic carbocycles. The van der Waals surface area contributed by atoms with Crippen molar-refractivity contribution < 1.29 is 8.42 Å². The van der Waals surface area contributed by atoms with E-state index in [0.717, 1.165) is 22.8 Å². The van der Waals surface area contributed by atoms with E-state index in [9.17, 15) is 8.42 Å². The number of guanidine groups is 1. The summed E-state index contributed by atoms with van der Waals surface area (Å²) in [5.74, 6) is 1.22. The van der Waals surface area contributed by atoms with Gasteiger partial charge in [-0.15, -0.1) is 35.3 Å². The van der Waals surface area contributed by atoms with Crippen LogP contribution in [0.3, 0.4) is 0 Å². The number of hydrogen-bond donors (Lipinski definition) is 3. The van der Waals surface area contributed by atoms with Gasteiger partial charge in [-0.1, -0.05) is 13.8 Å². The van der Waals surface area contributed by atoms with Gasteiger partial charge in [0, 0.05) is 18.5 Å². The number of thiophene rings is 1. The average Bonchev–Trinajstić information content (AvgIpc) is 2.77. The maximum atomic E-state index is 11.1. The van der Waals surface area contributed by atoms with E-state index in [-0.39, 0.29) is 28.2 Å². The van der Waals surface area contributed by atoms with Crippen molar-refractivity contribution in [1.29, 1.82) is 0 Å². The van der Waals surface area contributed by atoms with Gasteiger partial charge < -0.3 is 10.6 Å². The van der Waals surface area contributed by atoms with Gasteiger partial charge in [0.25, 0.3) is 0 Å². The number of primary sulfonamides is 1. The monoisotopic (exact) mass is 432 g/mol. The first kappa shape index (κ1) is 19.6. The van der Waals surface area contributed by atoms with Crippen molar-refractivity contribution in [3.05, 3.63) is 17.0 Å². The lowest BCUT2D eigenvalue weighted by molar-refractivity contribution is 0.600. The Hall–Kier alpha value is -0.390. The molecule has 0 unspecified atom stereocenters. The fourth-order valence-electron chi connectivity index (χ4n) is 1.30. The highest BCUT2D eigenvalue weighted by Crippen LogP contribution is 2.19. The smallest absolute Gasteiger partial charge is 0.247 e. The molecule has 0 radical (unpaired) electrons. The lowest BCUT2D eigenvalue weighted by atomic mass is 10.2. The summed E-state index contributed by atoms with van der Waals surface area (Å²) >= 11 is 1.16. The number of halogens is 1. The van der Waals surface area contributed by atoms with Crippen molar-refractivity contribution in [2.45, 2.75) is 24.6 Å². The Bertz CT molecular complexity index is 540. The molecule has 0 saturated carbocycles. The number of sulfonamides is 1. The summed E-state index contributed by atoms with van der Waals surface area (Å²) in [6, 6.07) is 3.26. The second-order valence-corrected chi connectivity index (χ2v) is 7.42. The molecule has 0 saturated heterocycles. The van der Waals surface area contributed by atoms with Crippen LogP contribution in [-0.4, -0.2) is 28.0 Å². The van der Waals surface area contributed by atoms with E-state index in [1.807, 2.05) is 0 Å². The van der Waals surface area contributed by atoms with Crippen LogP contribution in [0, 0.1) is 5.92 Å². The maximum Gasteiger partial charge on any atom is 0.247 e. The highest BCUT2D eigenvalue weighted by molar-refractivity contribution is 14.0. The van der Waals surface area contributed by atoms with Gasteiger partial charge in [-0.05, 0) is 18.1 Å². The zero-order chi connectivity index (χ0) is 14.5. The molecular weight excluding hydrogens is 411 g/mol. The summed E-state index contributed by atoms with van der Waals surface area (Å²) in [7, 11) is -1.91. The zero-order valence-electron chi connectivity index (χ0n) is 11.7. The summed E-state index contributed by atoms with van der Waals surface area (Å²) in [4.78, 5) is 4.97. The third kappa shape index (κ3) is 6.86. The van der Waals surface area contributed by atoms with E-state index >= 15 is 0 Å². The number of aliphatic imine (C=N–C) groups is 1. The quantitative estimate of drug-likeness (QED) is 0.372. The first-order valence-electron chi connectivity index (χ1n) is 5.89. The predicted octanol–water partition coefficient (Wildman–Crippen LogP) is 1.33. The molecule has 0 aromatic carbocycles. The predicted molar refractivity (Wildman–Crippen MR) is 94.1 cm³/mol. The SMILES string of the molecule is CN=C(NCc1ccc(S(N)(=O)=O)s1)NCC(C)C.I. The Balaban J connectivity index is 0.00000361. The second-order valence-electron chi connectivity index (χ2n) is 4.47. The summed E-state index contributed by atoms with van der Waals surface area (Å²) in [5.41, 5.74) is 0. The average molecular weight is 432 g/mol. The van der Waals surface area contributed by atoms with Crippen LogP contribution < -0.4 is 15.8 Å². The molecule has 9 heteroatoms. The number of nitrogens with one attached hydrogen (secondary N) is 2. The Morgan fingerprint density at radius 3 is 2.50 bits per heavy atom. The molecule has 0 atom stereocenters. The molecule has 1 heterocycles. The van der Waals surface area contributed by atoms with E-state index < -0.39 is 10.0 Å². The molecule has 0 amide bonds. The third-order valence-electron chi connectivity index (χ3n) is 2.25. The van der Waals surface area contributed by atoms with E-state index in [0.29, 0.717) is 18.4 Å². The van der Waals surface area contributed by atoms with Gasteiger partial charge in [-0.3, -0.25) is 4.99 Å². The third-order valence-corrected chi connectivity index (χ3v) is 4.77. The first-order chi connectivity index (χ1) is 8.82. The topological polar surface area (TPSA) is 96.6 Å². The van der Waals surface area contributed by atoms with Crippen LogP contribution >= 0.6 is 35.3 Å². The minimum absolute atomic E-state index is 0. The van der Waals surface area contributed by atoms with Crippen LogP contribution in [0.5, 0.6) is 0 Å². The van der Waals surface area contributed by atoms with Crippen molar-refractivity contribution in [3.8, 4) is 0 Å². The molecule has 6 nitrogen and oxygen atoms in total. The lowest BCUT2D eigenvalue weighted by Crippen LogP contribution is -2.38. The normalized spacial score (nSPS) is 12.2. The van der Waals surface area contributed by atoms with E-state index in [1.165, 1.54) is 6.07 Å². The Kier molecular flexibility index (Phi) is 8.63. The number of hydrogen-bond acceptors (Lipinski definition) is 4. The fourth-order valence-corrected chi connectivity index (χ4v) is 3.02. The maximum absolute atomic E-state index is 11.1. The zero-order valence-corrected chi connectivity index (χ0v) is 15.7. The van der Waals surface area contributed by atoms with Crippen LogP contribution in [0.25, 0.3) is 0 Å². The van der Waals surface area contributed by atoms with Gasteiger partial charge in [0.1, 0.15) is 4.21 Å². The van der Waals surface area contributed by atoms with Crippen LogP contribution in [0.2, 0.25) is 0 Å². The molecule has 0 aliphatic rings. The van der Waals surface area contributed by atoms with Crippen molar-refractivity contribution in [2.24, 2.45) is 16.0 Å². The number of nitrogens with two attached hydrogens (primary N) is 1. The minimum atomic E-state index is -3.60. The van der Waals surface area contributed by atoms with Gasteiger partial charge >= 0.3 is 0 Å². The van der Waals surface area contributed by atoms with Crippen molar-refractivity contribution in [1.82, 2.24) is 10.6 Å². The van der Waals surface area contributed by atoms with Gasteiger partial charge in [0.05, 0.1) is 6.54 Å². The fraction of sp³-hybridized carbons (Fsp3) is 0.545. The van der Waals surface area contributed by atoms with E-state index in [4.69, 9.17) is 5.14 Å².